The summed E-state index contributed by atoms with van der Waals surface area (Å²) in [5.74, 6) is 2.16. The molecule has 2 aliphatic carbocycles. The van der Waals surface area contributed by atoms with E-state index in [1.54, 1.807) is 6.20 Å². The molecule has 2 fully saturated rings. The van der Waals surface area contributed by atoms with Gasteiger partial charge in [0, 0.05) is 6.04 Å². The first-order valence-corrected chi connectivity index (χ1v) is 13.2. The lowest BCUT2D eigenvalue weighted by Gasteiger charge is -2.39. The summed E-state index contributed by atoms with van der Waals surface area (Å²) in [6, 6.07) is 11.0. The van der Waals surface area contributed by atoms with Crippen LogP contribution in [0, 0.1) is 11.8 Å². The number of fused-ring (bicyclic) bond motifs is 1. The monoisotopic (exact) mass is 448 g/mol. The molecular weight excluding hydrogens is 408 g/mol. The molecule has 33 heavy (non-hydrogen) atoms. The minimum Gasteiger partial charge on any atom is -0.363 e. The second-order valence-electron chi connectivity index (χ2n) is 11.2. The maximum Gasteiger partial charge on any atom is 0.256 e. The van der Waals surface area contributed by atoms with Gasteiger partial charge in [0.1, 0.15) is 11.4 Å². The number of hydrogen-bond donors (Lipinski definition) is 2. The van der Waals surface area contributed by atoms with Gasteiger partial charge < -0.3 is 10.6 Å². The standard InChI is InChI=1S/C28H40N4O/c1-28(2)18-24(20-12-6-3-7-13-20)30-26-23(19-29-32(26)28)27(33)31-25(21-14-8-4-9-15-21)22-16-10-5-11-17-22/h3,6-7,12-13,19,21-22,24-25,30H,4-5,8-11,14-18H2,1-2H3,(H,31,33). The highest BCUT2D eigenvalue weighted by Gasteiger charge is 2.38. The number of aromatic nitrogens is 2. The molecule has 1 atom stereocenters. The molecule has 3 aliphatic rings. The Morgan fingerprint density at radius 1 is 1.00 bits per heavy atom. The summed E-state index contributed by atoms with van der Waals surface area (Å²) in [5.41, 5.74) is 1.79. The molecule has 1 aromatic carbocycles. The van der Waals surface area contributed by atoms with Crippen molar-refractivity contribution >= 4 is 11.7 Å². The van der Waals surface area contributed by atoms with Gasteiger partial charge in [0.05, 0.1) is 17.8 Å². The highest BCUT2D eigenvalue weighted by atomic mass is 16.1. The van der Waals surface area contributed by atoms with E-state index in [1.807, 2.05) is 4.68 Å². The van der Waals surface area contributed by atoms with E-state index in [0.717, 1.165) is 12.2 Å². The van der Waals surface area contributed by atoms with E-state index in [0.29, 0.717) is 23.4 Å². The van der Waals surface area contributed by atoms with Crippen LogP contribution in [0.4, 0.5) is 5.82 Å². The summed E-state index contributed by atoms with van der Waals surface area (Å²) < 4.78 is 2.03. The number of hydrogen-bond acceptors (Lipinski definition) is 3. The van der Waals surface area contributed by atoms with Gasteiger partial charge in [0.25, 0.3) is 5.91 Å². The molecular formula is C28H40N4O. The van der Waals surface area contributed by atoms with E-state index in [9.17, 15) is 4.79 Å². The Bertz CT molecular complexity index is 920. The van der Waals surface area contributed by atoms with Gasteiger partial charge in [0.2, 0.25) is 0 Å². The van der Waals surface area contributed by atoms with Gasteiger partial charge in [-0.05, 0) is 63.4 Å². The van der Waals surface area contributed by atoms with Crippen LogP contribution in [0.3, 0.4) is 0 Å². The summed E-state index contributed by atoms with van der Waals surface area (Å²) in [6.45, 7) is 4.43. The largest absolute Gasteiger partial charge is 0.363 e. The number of carbonyl (C=O) groups is 1. The average Bonchev–Trinajstić information content (AvgIpc) is 3.29. The van der Waals surface area contributed by atoms with E-state index in [1.165, 1.54) is 69.8 Å². The van der Waals surface area contributed by atoms with Crippen molar-refractivity contribution in [2.24, 2.45) is 11.8 Å². The number of benzene rings is 1. The first-order valence-electron chi connectivity index (χ1n) is 13.2. The molecule has 2 N–H and O–H groups in total. The molecule has 5 rings (SSSR count). The van der Waals surface area contributed by atoms with Gasteiger partial charge in [-0.3, -0.25) is 4.79 Å². The van der Waals surface area contributed by atoms with Gasteiger partial charge in [-0.1, -0.05) is 68.9 Å². The van der Waals surface area contributed by atoms with Crippen LogP contribution >= 0.6 is 0 Å². The smallest absolute Gasteiger partial charge is 0.256 e. The number of rotatable bonds is 5. The van der Waals surface area contributed by atoms with Crippen LogP contribution in [0.1, 0.15) is 106 Å². The van der Waals surface area contributed by atoms with E-state index in [2.05, 4.69) is 59.9 Å². The van der Waals surface area contributed by atoms with E-state index in [4.69, 9.17) is 0 Å². The predicted octanol–water partition coefficient (Wildman–Crippen LogP) is 6.43. The van der Waals surface area contributed by atoms with Crippen molar-refractivity contribution in [1.82, 2.24) is 15.1 Å². The zero-order valence-corrected chi connectivity index (χ0v) is 20.4. The third kappa shape index (κ3) is 4.69. The molecule has 5 nitrogen and oxygen atoms in total. The molecule has 1 amide bonds. The lowest BCUT2D eigenvalue weighted by Crippen LogP contribution is -2.47. The van der Waals surface area contributed by atoms with Crippen molar-refractivity contribution < 1.29 is 4.79 Å². The van der Waals surface area contributed by atoms with Crippen LogP contribution in [-0.2, 0) is 5.54 Å². The normalized spacial score (nSPS) is 23.7. The first kappa shape index (κ1) is 22.5. The lowest BCUT2D eigenvalue weighted by atomic mass is 9.73. The first-order chi connectivity index (χ1) is 16.0. The number of nitrogens with zero attached hydrogens (tertiary/aromatic N) is 2. The minimum absolute atomic E-state index is 0.0504. The molecule has 5 heteroatoms. The van der Waals surface area contributed by atoms with Crippen LogP contribution < -0.4 is 10.6 Å². The Balaban J connectivity index is 1.40. The Morgan fingerprint density at radius 2 is 1.61 bits per heavy atom. The number of amides is 1. The summed E-state index contributed by atoms with van der Waals surface area (Å²) in [4.78, 5) is 13.7. The molecule has 1 aliphatic heterocycles. The number of nitrogens with one attached hydrogen (secondary N) is 2. The third-order valence-corrected chi connectivity index (χ3v) is 8.42. The fourth-order valence-electron chi connectivity index (χ4n) is 6.64. The van der Waals surface area contributed by atoms with E-state index >= 15 is 0 Å². The van der Waals surface area contributed by atoms with Gasteiger partial charge in [-0.25, -0.2) is 4.68 Å². The fourth-order valence-corrected chi connectivity index (χ4v) is 6.64. The maximum atomic E-state index is 13.7. The van der Waals surface area contributed by atoms with Crippen molar-refractivity contribution in [3.05, 3.63) is 47.7 Å². The predicted molar refractivity (Wildman–Crippen MR) is 133 cm³/mol. The molecule has 2 aromatic rings. The molecule has 178 valence electrons. The summed E-state index contributed by atoms with van der Waals surface area (Å²) in [7, 11) is 0. The van der Waals surface area contributed by atoms with Crippen LogP contribution in [0.2, 0.25) is 0 Å². The lowest BCUT2D eigenvalue weighted by molar-refractivity contribution is 0.0861. The molecule has 1 aromatic heterocycles. The van der Waals surface area contributed by atoms with Gasteiger partial charge in [-0.2, -0.15) is 5.10 Å². The van der Waals surface area contributed by atoms with Gasteiger partial charge in [-0.15, -0.1) is 0 Å². The Hall–Kier alpha value is -2.30. The van der Waals surface area contributed by atoms with E-state index < -0.39 is 0 Å². The second kappa shape index (κ2) is 9.52. The zero-order chi connectivity index (χ0) is 22.8. The maximum absolute atomic E-state index is 13.7. The van der Waals surface area contributed by atoms with Crippen molar-refractivity contribution in [3.8, 4) is 0 Å². The molecule has 1 unspecified atom stereocenters. The molecule has 0 radical (unpaired) electrons. The van der Waals surface area contributed by atoms with Crippen LogP contribution in [0.25, 0.3) is 0 Å². The Labute approximate surface area is 198 Å². The van der Waals surface area contributed by atoms with Crippen molar-refractivity contribution in [2.45, 2.75) is 102 Å². The van der Waals surface area contributed by atoms with Crippen molar-refractivity contribution in [1.29, 1.82) is 0 Å². The minimum atomic E-state index is -0.161. The second-order valence-corrected chi connectivity index (χ2v) is 11.2. The topological polar surface area (TPSA) is 59.0 Å². The zero-order valence-electron chi connectivity index (χ0n) is 20.4. The molecule has 0 bridgehead atoms. The fraction of sp³-hybridized carbons (Fsp3) is 0.643. The van der Waals surface area contributed by atoms with Gasteiger partial charge in [0.15, 0.2) is 0 Å². The highest BCUT2D eigenvalue weighted by molar-refractivity contribution is 5.99. The molecule has 2 saturated carbocycles. The number of anilines is 1. The highest BCUT2D eigenvalue weighted by Crippen LogP contribution is 2.40. The molecule has 2 heterocycles. The Morgan fingerprint density at radius 3 is 2.21 bits per heavy atom. The SMILES string of the molecule is CC1(C)CC(c2ccccc2)Nc2c(C(=O)NC(C3CCCCC3)C3CCCCC3)cnn21. The average molecular weight is 449 g/mol. The number of carbonyl (C=O) groups excluding carboxylic acids is 1. The van der Waals surface area contributed by atoms with E-state index in [-0.39, 0.29) is 17.5 Å². The quantitative estimate of drug-likeness (QED) is 0.554. The summed E-state index contributed by atoms with van der Waals surface area (Å²) in [6.07, 6.45) is 15.7. The summed E-state index contributed by atoms with van der Waals surface area (Å²) >= 11 is 0. The van der Waals surface area contributed by atoms with Crippen molar-refractivity contribution in [2.75, 3.05) is 5.32 Å². The van der Waals surface area contributed by atoms with Crippen LogP contribution in [-0.4, -0.2) is 21.7 Å². The van der Waals surface area contributed by atoms with Crippen molar-refractivity contribution in [3.63, 3.8) is 0 Å². The third-order valence-electron chi connectivity index (χ3n) is 8.42. The van der Waals surface area contributed by atoms with Gasteiger partial charge >= 0.3 is 0 Å². The summed E-state index contributed by atoms with van der Waals surface area (Å²) in [5, 5.41) is 11.9. The Kier molecular flexibility index (Phi) is 6.49. The molecule has 0 saturated heterocycles. The van der Waals surface area contributed by atoms with Crippen LogP contribution in [0.15, 0.2) is 36.5 Å². The molecule has 0 spiro atoms. The van der Waals surface area contributed by atoms with Crippen LogP contribution in [0.5, 0.6) is 0 Å².